The van der Waals surface area contributed by atoms with Crippen molar-refractivity contribution in [2.24, 2.45) is 4.99 Å². The van der Waals surface area contributed by atoms with E-state index in [1.807, 2.05) is 13.0 Å². The van der Waals surface area contributed by atoms with E-state index in [1.165, 1.54) is 30.0 Å². The molecule has 3 aliphatic rings. The molecule has 15 nitrogen and oxygen atoms in total. The number of nitrogen functional groups attached to an aromatic ring is 1. The largest absolute Gasteiger partial charge is 0.398 e. The second-order valence-corrected chi connectivity index (χ2v) is 17.4. The van der Waals surface area contributed by atoms with Gasteiger partial charge >= 0.3 is 0 Å². The maximum Gasteiger partial charge on any atom is 0.274 e. The van der Waals surface area contributed by atoms with Gasteiger partial charge in [0.05, 0.1) is 45.9 Å². The van der Waals surface area contributed by atoms with Gasteiger partial charge in [-0.2, -0.15) is 10.4 Å². The molecule has 4 aromatic rings. The first-order chi connectivity index (χ1) is 31.2. The number of carbonyl (C=O) groups excluding carboxylic acids is 2. The lowest BCUT2D eigenvalue weighted by molar-refractivity contribution is -0.122. The highest BCUT2D eigenvalue weighted by Crippen LogP contribution is 2.33. The molecule has 0 bridgehead atoms. The number of allylic oxidation sites excluding steroid dienone is 1. The fourth-order valence-electron chi connectivity index (χ4n) is 8.71. The Morgan fingerprint density at radius 1 is 1.11 bits per heavy atom. The maximum absolute atomic E-state index is 15.0. The first-order valence-corrected chi connectivity index (χ1v) is 22.7. The number of nitriles is 1. The summed E-state index contributed by atoms with van der Waals surface area (Å²) in [5, 5.41) is 32.9. The number of aryl methyl sites for hydroxylation is 1. The van der Waals surface area contributed by atoms with E-state index in [9.17, 15) is 14.7 Å². The number of aliphatic imine (C=N–C) groups is 1. The first kappa shape index (κ1) is 50.3. The molecular weight excluding hydrogens is 826 g/mol. The van der Waals surface area contributed by atoms with Crippen LogP contribution in [0.5, 0.6) is 0 Å². The van der Waals surface area contributed by atoms with Crippen LogP contribution in [0, 0.1) is 24.1 Å². The second-order valence-electron chi connectivity index (χ2n) is 17.4. The zero-order valence-electron chi connectivity index (χ0n) is 39.0. The van der Waals surface area contributed by atoms with E-state index in [0.717, 1.165) is 76.3 Å². The fraction of sp³-hybridized carbons (Fsp3) is 0.510. The molecule has 2 aliphatic heterocycles. The molecule has 3 aromatic heterocycles. The van der Waals surface area contributed by atoms with Gasteiger partial charge in [0.1, 0.15) is 17.6 Å². The van der Waals surface area contributed by atoms with Crippen molar-refractivity contribution in [1.82, 2.24) is 30.1 Å². The fourth-order valence-corrected chi connectivity index (χ4v) is 8.71. The Labute approximate surface area is 383 Å². The highest BCUT2D eigenvalue weighted by Gasteiger charge is 2.30. The minimum Gasteiger partial charge on any atom is -0.398 e. The van der Waals surface area contributed by atoms with Crippen LogP contribution < -0.4 is 26.6 Å². The summed E-state index contributed by atoms with van der Waals surface area (Å²) in [4.78, 5) is 39.5. The average Bonchev–Trinajstić information content (AvgIpc) is 3.74. The Morgan fingerprint density at radius 2 is 1.80 bits per heavy atom. The van der Waals surface area contributed by atoms with Crippen LogP contribution in [-0.2, 0) is 15.1 Å². The number of ether oxygens (including phenoxy) is 1. The average molecular weight is 894 g/mol. The van der Waals surface area contributed by atoms with Crippen molar-refractivity contribution in [3.05, 3.63) is 94.8 Å². The SMILES string of the molecule is C=CCCC(C(=O)NC)c1nc(C)c(N2CCC(N3CCNCC3)CC2)cc1F.CC(C)(O)c1cc(N)c(C=NC2CCCCC2)cc1NC(=O)c1ccc2cc(C#N)cnn12.COC. The standard InChI is InChI=1S/C25H28N6O2.C22H34FN5O.C2H6O/c1-25(2,33)20-12-21(27)17(15-28-18-6-4-3-5-7-18)11-22(20)30-24(32)23-9-8-19-10-16(13-26)14-29-31(19)23;1-4-5-6-18(22(29)24-3)21-19(23)15-20(16(2)26-21)28-11-7-17(8-12-28)27-13-9-25-10-14-27;1-3-2/h8-12,14-15,18,33H,3-7,27H2,1-2H3,(H,30,32);4,15,17-18,25H,1,5-14H2,2-3H3,(H,24,29);1-2H3. The van der Waals surface area contributed by atoms with Crippen LogP contribution in [0.15, 0.2) is 60.2 Å². The lowest BCUT2D eigenvalue weighted by Crippen LogP contribution is -2.52. The van der Waals surface area contributed by atoms with Gasteiger partial charge in [-0.25, -0.2) is 8.91 Å². The van der Waals surface area contributed by atoms with Crippen molar-refractivity contribution in [2.75, 3.05) is 76.5 Å². The Balaban J connectivity index is 0.000000232. The second kappa shape index (κ2) is 24.0. The number of carbonyl (C=O) groups is 2. The summed E-state index contributed by atoms with van der Waals surface area (Å²) in [5.41, 5.74) is 10.4. The summed E-state index contributed by atoms with van der Waals surface area (Å²) in [5.74, 6) is -1.59. The number of anilines is 3. The van der Waals surface area contributed by atoms with Gasteiger partial charge in [-0.15, -0.1) is 6.58 Å². The molecular formula is C49H68FN11O4. The van der Waals surface area contributed by atoms with Crippen LogP contribution in [0.1, 0.15) is 116 Å². The number of benzene rings is 1. The van der Waals surface area contributed by atoms with Gasteiger partial charge in [-0.3, -0.25) is 24.5 Å². The number of rotatable bonds is 12. The minimum absolute atomic E-state index is 0.206. The monoisotopic (exact) mass is 894 g/mol. The summed E-state index contributed by atoms with van der Waals surface area (Å²) in [7, 11) is 4.82. The zero-order chi connectivity index (χ0) is 47.1. The number of methoxy groups -OCH3 is 1. The Morgan fingerprint density at radius 3 is 2.43 bits per heavy atom. The summed E-state index contributed by atoms with van der Waals surface area (Å²) in [6, 6.07) is 13.0. The van der Waals surface area contributed by atoms with Crippen LogP contribution in [-0.4, -0.2) is 115 Å². The summed E-state index contributed by atoms with van der Waals surface area (Å²) < 4.78 is 20.7. The number of aliphatic hydroxyl groups is 1. The third-order valence-electron chi connectivity index (χ3n) is 12.2. The number of fused-ring (bicyclic) bond motifs is 1. The van der Waals surface area contributed by atoms with E-state index in [4.69, 9.17) is 16.0 Å². The van der Waals surface area contributed by atoms with Crippen LogP contribution in [0.25, 0.3) is 5.52 Å². The van der Waals surface area contributed by atoms with Crippen LogP contribution in [0.4, 0.5) is 21.5 Å². The molecule has 1 atom stereocenters. The molecule has 5 heterocycles. The van der Waals surface area contributed by atoms with Crippen LogP contribution >= 0.6 is 0 Å². The lowest BCUT2D eigenvalue weighted by atomic mass is 9.93. The number of nitrogens with zero attached hydrogens (tertiary/aromatic N) is 7. The third kappa shape index (κ3) is 13.4. The molecule has 1 unspecified atom stereocenters. The summed E-state index contributed by atoms with van der Waals surface area (Å²) in [6.07, 6.45) is 14.0. The van der Waals surface area contributed by atoms with Crippen molar-refractivity contribution in [1.29, 1.82) is 5.26 Å². The molecule has 65 heavy (non-hydrogen) atoms. The number of halogens is 1. The van der Waals surface area contributed by atoms with Crippen molar-refractivity contribution < 1.29 is 23.8 Å². The van der Waals surface area contributed by atoms with Gasteiger partial charge in [0.25, 0.3) is 5.91 Å². The Bertz CT molecular complexity index is 2300. The number of piperidine rings is 1. The predicted molar refractivity (Wildman–Crippen MR) is 256 cm³/mol. The van der Waals surface area contributed by atoms with E-state index < -0.39 is 23.2 Å². The highest BCUT2D eigenvalue weighted by molar-refractivity contribution is 6.05. The summed E-state index contributed by atoms with van der Waals surface area (Å²) in [6.45, 7) is 15.1. The number of pyridine rings is 1. The van der Waals surface area contributed by atoms with Crippen molar-refractivity contribution in [3.63, 3.8) is 0 Å². The molecule has 0 radical (unpaired) electrons. The molecule has 2 saturated heterocycles. The predicted octanol–water partition coefficient (Wildman–Crippen LogP) is 6.48. The molecule has 2 amide bonds. The minimum atomic E-state index is -1.23. The molecule has 3 fully saturated rings. The number of nitrogens with two attached hydrogens (primary N) is 1. The number of hydrogen-bond donors (Lipinski definition) is 5. The molecule has 0 spiro atoms. The molecule has 1 aromatic carbocycles. The van der Waals surface area contributed by atoms with Crippen molar-refractivity contribution in [3.8, 4) is 6.07 Å². The number of likely N-dealkylation sites (N-methyl/N-ethyl adjacent to an activating group) is 1. The highest BCUT2D eigenvalue weighted by atomic mass is 19.1. The first-order valence-electron chi connectivity index (χ1n) is 22.7. The Kier molecular flexibility index (Phi) is 18.5. The van der Waals surface area contributed by atoms with Crippen LogP contribution in [0.2, 0.25) is 0 Å². The van der Waals surface area contributed by atoms with Gasteiger partial charge in [-0.1, -0.05) is 25.3 Å². The molecule has 350 valence electrons. The van der Waals surface area contributed by atoms with E-state index in [1.54, 1.807) is 83.8 Å². The van der Waals surface area contributed by atoms with Gasteiger partial charge < -0.3 is 36.4 Å². The molecule has 1 aliphatic carbocycles. The quantitative estimate of drug-likeness (QED) is 0.0593. The molecule has 6 N–H and O–H groups in total. The van der Waals surface area contributed by atoms with Crippen molar-refractivity contribution in [2.45, 2.75) is 102 Å². The van der Waals surface area contributed by atoms with E-state index in [0.29, 0.717) is 64.2 Å². The van der Waals surface area contributed by atoms with Gasteiger partial charge in [0.2, 0.25) is 5.91 Å². The summed E-state index contributed by atoms with van der Waals surface area (Å²) >= 11 is 0. The maximum atomic E-state index is 15.0. The van der Waals surface area contributed by atoms with Gasteiger partial charge in [0.15, 0.2) is 0 Å². The number of nitrogens with one attached hydrogen (secondary N) is 3. The number of piperazine rings is 1. The zero-order valence-corrected chi connectivity index (χ0v) is 39.0. The Hall–Kier alpha value is -5.73. The van der Waals surface area contributed by atoms with E-state index in [2.05, 4.69) is 47.1 Å². The van der Waals surface area contributed by atoms with Gasteiger partial charge in [-0.05, 0) is 89.6 Å². The normalized spacial score (nSPS) is 16.8. The van der Waals surface area contributed by atoms with E-state index >= 15 is 4.39 Å². The van der Waals surface area contributed by atoms with Crippen LogP contribution in [0.3, 0.4) is 0 Å². The third-order valence-corrected chi connectivity index (χ3v) is 12.2. The molecule has 7 rings (SSSR count). The smallest absolute Gasteiger partial charge is 0.274 e. The molecule has 1 saturated carbocycles. The van der Waals surface area contributed by atoms with E-state index in [-0.39, 0.29) is 11.6 Å². The topological polar surface area (TPSA) is 199 Å². The van der Waals surface area contributed by atoms with Gasteiger partial charge in [0, 0.05) is 107 Å². The number of aromatic nitrogens is 3. The number of amides is 2. The van der Waals surface area contributed by atoms with Crippen molar-refractivity contribution >= 4 is 40.6 Å². The molecule has 16 heteroatoms. The number of hydrogen-bond acceptors (Lipinski definition) is 12. The lowest BCUT2D eigenvalue weighted by Gasteiger charge is -2.41.